The first-order valence-electron chi connectivity index (χ1n) is 5.64. The number of halogens is 1. The predicted molar refractivity (Wildman–Crippen MR) is 72.2 cm³/mol. The fourth-order valence-corrected chi connectivity index (χ4v) is 3.54. The molecule has 1 aliphatic rings. The van der Waals surface area contributed by atoms with Gasteiger partial charge in [-0.05, 0) is 25.0 Å². The number of anilines is 2. The molecule has 0 aliphatic carbocycles. The van der Waals surface area contributed by atoms with E-state index in [9.17, 15) is 8.42 Å². The molecule has 1 aliphatic heterocycles. The molecule has 18 heavy (non-hydrogen) atoms. The fraction of sp³-hybridized carbons (Fsp3) is 0.455. The number of hydrogen-bond acceptors (Lipinski definition) is 4. The molecule has 0 spiro atoms. The van der Waals surface area contributed by atoms with Gasteiger partial charge in [-0.3, -0.25) is 4.72 Å². The van der Waals surface area contributed by atoms with Gasteiger partial charge in [0.05, 0.1) is 21.6 Å². The summed E-state index contributed by atoms with van der Waals surface area (Å²) in [6.07, 6.45) is 0.991. The highest BCUT2D eigenvalue weighted by Crippen LogP contribution is 2.29. The summed E-state index contributed by atoms with van der Waals surface area (Å²) >= 11 is 5.96. The molecule has 1 aromatic rings. The van der Waals surface area contributed by atoms with Gasteiger partial charge in [-0.15, -0.1) is 0 Å². The number of nitrogens with one attached hydrogen (secondary N) is 1. The second kappa shape index (κ2) is 5.34. The van der Waals surface area contributed by atoms with Gasteiger partial charge in [0.1, 0.15) is 0 Å². The molecule has 1 aromatic carbocycles. The fourth-order valence-electron chi connectivity index (χ4n) is 1.85. The number of nitrogens with two attached hydrogens (primary N) is 1. The predicted octanol–water partition coefficient (Wildman–Crippen LogP) is 1.84. The van der Waals surface area contributed by atoms with Crippen LogP contribution >= 0.6 is 11.6 Å². The Hall–Kier alpha value is -0.980. The number of sulfonamides is 1. The van der Waals surface area contributed by atoms with Crippen LogP contribution in [0.25, 0.3) is 0 Å². The second-order valence-electron chi connectivity index (χ2n) is 4.17. The van der Waals surface area contributed by atoms with Crippen molar-refractivity contribution in [1.82, 2.24) is 0 Å². The Balaban J connectivity index is 2.19. The van der Waals surface area contributed by atoms with E-state index in [-0.39, 0.29) is 5.02 Å². The SMILES string of the molecule is Nc1cccc(NS(=O)(=O)C2CCOCC2)c1Cl. The molecule has 7 heteroatoms. The maximum absolute atomic E-state index is 12.2. The lowest BCUT2D eigenvalue weighted by molar-refractivity contribution is 0.0984. The maximum Gasteiger partial charge on any atom is 0.235 e. The molecule has 100 valence electrons. The highest BCUT2D eigenvalue weighted by molar-refractivity contribution is 7.93. The zero-order valence-corrected chi connectivity index (χ0v) is 11.3. The van der Waals surface area contributed by atoms with Crippen molar-refractivity contribution in [2.75, 3.05) is 23.7 Å². The molecule has 0 unspecified atom stereocenters. The van der Waals surface area contributed by atoms with E-state index >= 15 is 0 Å². The first-order valence-corrected chi connectivity index (χ1v) is 7.56. The molecule has 0 radical (unpaired) electrons. The van der Waals surface area contributed by atoms with Gasteiger partial charge in [-0.2, -0.15) is 0 Å². The van der Waals surface area contributed by atoms with Gasteiger partial charge in [0.2, 0.25) is 10.0 Å². The normalized spacial score (nSPS) is 17.6. The van der Waals surface area contributed by atoms with Gasteiger partial charge >= 0.3 is 0 Å². The Morgan fingerprint density at radius 1 is 1.33 bits per heavy atom. The number of nitrogen functional groups attached to an aromatic ring is 1. The standard InChI is InChI=1S/C11H15ClN2O3S/c12-11-9(13)2-1-3-10(11)14-18(15,16)8-4-6-17-7-5-8/h1-3,8,14H,4-7,13H2. The van der Waals surface area contributed by atoms with Crippen LogP contribution in [0.15, 0.2) is 18.2 Å². The van der Waals surface area contributed by atoms with Crippen LogP contribution in [0, 0.1) is 0 Å². The van der Waals surface area contributed by atoms with Gasteiger partial charge in [0, 0.05) is 13.2 Å². The third kappa shape index (κ3) is 2.88. The number of hydrogen-bond donors (Lipinski definition) is 2. The number of ether oxygens (including phenoxy) is 1. The Morgan fingerprint density at radius 2 is 2.00 bits per heavy atom. The molecule has 0 saturated carbocycles. The van der Waals surface area contributed by atoms with E-state index in [1.807, 2.05) is 0 Å². The van der Waals surface area contributed by atoms with Crippen molar-refractivity contribution in [2.45, 2.75) is 18.1 Å². The van der Waals surface area contributed by atoms with Crippen LogP contribution in [0.3, 0.4) is 0 Å². The monoisotopic (exact) mass is 290 g/mol. The van der Waals surface area contributed by atoms with Gasteiger partial charge < -0.3 is 10.5 Å². The van der Waals surface area contributed by atoms with E-state index in [0.29, 0.717) is 37.4 Å². The smallest absolute Gasteiger partial charge is 0.235 e. The Kier molecular flexibility index (Phi) is 3.99. The summed E-state index contributed by atoms with van der Waals surface area (Å²) in [7, 11) is -3.45. The molecule has 0 amide bonds. The molecule has 1 heterocycles. The summed E-state index contributed by atoms with van der Waals surface area (Å²) in [5, 5.41) is -0.211. The zero-order valence-electron chi connectivity index (χ0n) is 9.73. The van der Waals surface area contributed by atoms with Crippen molar-refractivity contribution in [3.63, 3.8) is 0 Å². The Morgan fingerprint density at radius 3 is 2.67 bits per heavy atom. The average Bonchev–Trinajstić information content (AvgIpc) is 2.36. The van der Waals surface area contributed by atoms with Crippen LogP contribution in [0.5, 0.6) is 0 Å². The molecule has 5 nitrogen and oxygen atoms in total. The van der Waals surface area contributed by atoms with Crippen molar-refractivity contribution < 1.29 is 13.2 Å². The Bertz CT molecular complexity index is 527. The van der Waals surface area contributed by atoms with Crippen molar-refractivity contribution in [2.24, 2.45) is 0 Å². The lowest BCUT2D eigenvalue weighted by Crippen LogP contribution is -2.33. The third-order valence-corrected chi connectivity index (χ3v) is 5.16. The molecule has 0 bridgehead atoms. The minimum atomic E-state index is -3.45. The van der Waals surface area contributed by atoms with E-state index < -0.39 is 15.3 Å². The molecular formula is C11H15ClN2O3S. The summed E-state index contributed by atoms with van der Waals surface area (Å²) in [6, 6.07) is 4.87. The number of benzene rings is 1. The molecule has 1 fully saturated rings. The van der Waals surface area contributed by atoms with Crippen molar-refractivity contribution in [3.8, 4) is 0 Å². The van der Waals surface area contributed by atoms with Crippen molar-refractivity contribution in [3.05, 3.63) is 23.2 Å². The minimum Gasteiger partial charge on any atom is -0.397 e. The van der Waals surface area contributed by atoms with Gasteiger partial charge in [0.15, 0.2) is 0 Å². The van der Waals surface area contributed by atoms with Crippen LogP contribution < -0.4 is 10.5 Å². The summed E-state index contributed by atoms with van der Waals surface area (Å²) in [4.78, 5) is 0. The van der Waals surface area contributed by atoms with Crippen LogP contribution in [-0.4, -0.2) is 26.9 Å². The van der Waals surface area contributed by atoms with E-state index in [1.54, 1.807) is 18.2 Å². The highest BCUT2D eigenvalue weighted by atomic mass is 35.5. The van der Waals surface area contributed by atoms with Gasteiger partial charge in [0.25, 0.3) is 0 Å². The lowest BCUT2D eigenvalue weighted by atomic mass is 10.2. The molecular weight excluding hydrogens is 276 g/mol. The quantitative estimate of drug-likeness (QED) is 0.832. The van der Waals surface area contributed by atoms with E-state index in [1.165, 1.54) is 0 Å². The summed E-state index contributed by atoms with van der Waals surface area (Å²) in [6.45, 7) is 0.937. The number of rotatable bonds is 3. The average molecular weight is 291 g/mol. The van der Waals surface area contributed by atoms with Crippen LogP contribution in [0.2, 0.25) is 5.02 Å². The van der Waals surface area contributed by atoms with Crippen molar-refractivity contribution >= 4 is 33.0 Å². The van der Waals surface area contributed by atoms with Crippen LogP contribution in [0.1, 0.15) is 12.8 Å². The van der Waals surface area contributed by atoms with Crippen LogP contribution in [0.4, 0.5) is 11.4 Å². The Labute approximate surface area is 111 Å². The summed E-state index contributed by atoms with van der Waals surface area (Å²) < 4.78 is 32.0. The van der Waals surface area contributed by atoms with Crippen LogP contribution in [-0.2, 0) is 14.8 Å². The summed E-state index contributed by atoms with van der Waals surface area (Å²) in [5.74, 6) is 0. The molecule has 2 rings (SSSR count). The van der Waals surface area contributed by atoms with Crippen molar-refractivity contribution in [1.29, 1.82) is 0 Å². The second-order valence-corrected chi connectivity index (χ2v) is 6.51. The van der Waals surface area contributed by atoms with E-state index in [2.05, 4.69) is 4.72 Å². The summed E-state index contributed by atoms with van der Waals surface area (Å²) in [5.41, 5.74) is 6.30. The molecule has 3 N–H and O–H groups in total. The first kappa shape index (κ1) is 13.5. The topological polar surface area (TPSA) is 81.4 Å². The first-order chi connectivity index (χ1) is 8.50. The molecule has 1 saturated heterocycles. The zero-order chi connectivity index (χ0) is 13.2. The lowest BCUT2D eigenvalue weighted by Gasteiger charge is -2.23. The van der Waals surface area contributed by atoms with E-state index in [0.717, 1.165) is 0 Å². The molecule has 0 aromatic heterocycles. The highest BCUT2D eigenvalue weighted by Gasteiger charge is 2.28. The van der Waals surface area contributed by atoms with E-state index in [4.69, 9.17) is 22.1 Å². The minimum absolute atomic E-state index is 0.230. The maximum atomic E-state index is 12.2. The van der Waals surface area contributed by atoms with Gasteiger partial charge in [-0.25, -0.2) is 8.42 Å². The van der Waals surface area contributed by atoms with Gasteiger partial charge in [-0.1, -0.05) is 17.7 Å². The third-order valence-electron chi connectivity index (χ3n) is 2.89. The largest absolute Gasteiger partial charge is 0.397 e. The molecule has 0 atom stereocenters.